The van der Waals surface area contributed by atoms with E-state index in [1.165, 1.54) is 12.1 Å². The highest BCUT2D eigenvalue weighted by atomic mass is 16.7. The van der Waals surface area contributed by atoms with Gasteiger partial charge in [-0.1, -0.05) is 109 Å². The van der Waals surface area contributed by atoms with Crippen LogP contribution in [-0.4, -0.2) is 29.1 Å². The van der Waals surface area contributed by atoms with Crippen LogP contribution >= 0.6 is 0 Å². The number of rotatable bonds is 6. The first kappa shape index (κ1) is 24.8. The van der Waals surface area contributed by atoms with Crippen molar-refractivity contribution < 1.29 is 28.7 Å². The van der Waals surface area contributed by atoms with Gasteiger partial charge in [0, 0.05) is 22.3 Å². The molecule has 0 bridgehead atoms. The fraction of sp³-hybridized carbons (Fsp3) is 0.125. The number of benzene rings is 4. The molecule has 1 saturated heterocycles. The second kappa shape index (κ2) is 9.56. The Kier molecular flexibility index (Phi) is 6.25. The van der Waals surface area contributed by atoms with Crippen LogP contribution in [0.1, 0.15) is 43.0 Å². The zero-order chi connectivity index (χ0) is 26.9. The average Bonchev–Trinajstić information content (AvgIpc) is 2.95. The molecule has 0 atom stereocenters. The molecule has 4 aromatic rings. The summed E-state index contributed by atoms with van der Waals surface area (Å²) < 4.78 is 11.8. The minimum Gasteiger partial charge on any atom is -0.433 e. The van der Waals surface area contributed by atoms with Crippen LogP contribution in [0.5, 0.6) is 0 Å². The van der Waals surface area contributed by atoms with Gasteiger partial charge in [-0.3, -0.25) is 9.59 Å². The van der Waals surface area contributed by atoms with Crippen molar-refractivity contribution in [3.8, 4) is 0 Å². The predicted octanol–water partition coefficient (Wildman–Crippen LogP) is 5.15. The Morgan fingerprint density at radius 3 is 1.34 bits per heavy atom. The Labute approximate surface area is 219 Å². The molecule has 188 valence electrons. The van der Waals surface area contributed by atoms with E-state index in [4.69, 9.17) is 9.47 Å². The molecule has 1 fully saturated rings. The van der Waals surface area contributed by atoms with E-state index in [1.54, 1.807) is 111 Å². The summed E-state index contributed by atoms with van der Waals surface area (Å²) in [6, 6.07) is 29.8. The summed E-state index contributed by atoms with van der Waals surface area (Å²) in [6.07, 6.45) is 0. The molecule has 5 rings (SSSR count). The first-order valence-corrected chi connectivity index (χ1v) is 12.1. The normalized spacial score (nSPS) is 15.7. The minimum absolute atomic E-state index is 0.0751. The fourth-order valence-electron chi connectivity index (χ4n) is 4.79. The fourth-order valence-corrected chi connectivity index (χ4v) is 4.79. The maximum atomic E-state index is 14.1. The Hall–Kier alpha value is -4.84. The van der Waals surface area contributed by atoms with Crippen LogP contribution in [0.25, 0.3) is 0 Å². The molecule has 6 heteroatoms. The number of esters is 2. The quantitative estimate of drug-likeness (QED) is 0.205. The van der Waals surface area contributed by atoms with E-state index in [9.17, 15) is 19.2 Å². The van der Waals surface area contributed by atoms with Crippen LogP contribution in [0, 0.1) is 13.8 Å². The maximum Gasteiger partial charge on any atom is 0.369 e. The number of cyclic esters (lactones) is 2. The SMILES string of the molecule is Cc1ccccc1C(=O)C1(C(=O)c2ccccc2C)OC(=O)C(c2ccccc2)(c2ccccc2)OC1=O. The molecular formula is C32H24O6. The van der Waals surface area contributed by atoms with Gasteiger partial charge in [0.2, 0.25) is 11.6 Å². The van der Waals surface area contributed by atoms with Crippen molar-refractivity contribution in [3.63, 3.8) is 0 Å². The lowest BCUT2D eigenvalue weighted by Crippen LogP contribution is -2.66. The lowest BCUT2D eigenvalue weighted by molar-refractivity contribution is -0.210. The number of aryl methyl sites for hydroxylation is 2. The monoisotopic (exact) mass is 504 g/mol. The van der Waals surface area contributed by atoms with Gasteiger partial charge in [0.1, 0.15) is 0 Å². The molecule has 4 aromatic carbocycles. The van der Waals surface area contributed by atoms with Gasteiger partial charge in [0.15, 0.2) is 0 Å². The second-order valence-corrected chi connectivity index (χ2v) is 9.16. The van der Waals surface area contributed by atoms with Gasteiger partial charge in [-0.25, -0.2) is 9.59 Å². The molecule has 0 saturated carbocycles. The third kappa shape index (κ3) is 3.73. The van der Waals surface area contributed by atoms with Gasteiger partial charge in [-0.05, 0) is 25.0 Å². The zero-order valence-corrected chi connectivity index (χ0v) is 20.8. The molecule has 6 nitrogen and oxygen atoms in total. The van der Waals surface area contributed by atoms with Gasteiger partial charge in [-0.2, -0.15) is 0 Å². The van der Waals surface area contributed by atoms with Crippen molar-refractivity contribution in [2.45, 2.75) is 25.0 Å². The Balaban J connectivity index is 1.74. The highest BCUT2D eigenvalue weighted by Crippen LogP contribution is 2.43. The van der Waals surface area contributed by atoms with Gasteiger partial charge in [0.05, 0.1) is 0 Å². The van der Waals surface area contributed by atoms with Crippen molar-refractivity contribution in [1.29, 1.82) is 0 Å². The molecule has 0 amide bonds. The van der Waals surface area contributed by atoms with Gasteiger partial charge >= 0.3 is 17.5 Å². The molecule has 1 heterocycles. The summed E-state index contributed by atoms with van der Waals surface area (Å²) >= 11 is 0. The van der Waals surface area contributed by atoms with Gasteiger partial charge in [-0.15, -0.1) is 0 Å². The smallest absolute Gasteiger partial charge is 0.369 e. The van der Waals surface area contributed by atoms with Crippen LogP contribution in [0.2, 0.25) is 0 Å². The highest BCUT2D eigenvalue weighted by Gasteiger charge is 2.67. The molecule has 0 aromatic heterocycles. The Morgan fingerprint density at radius 1 is 0.526 bits per heavy atom. The molecule has 0 N–H and O–H groups in total. The summed E-state index contributed by atoms with van der Waals surface area (Å²) in [5.74, 6) is -4.22. The third-order valence-corrected chi connectivity index (χ3v) is 6.85. The second-order valence-electron chi connectivity index (χ2n) is 9.16. The zero-order valence-electron chi connectivity index (χ0n) is 20.8. The predicted molar refractivity (Wildman–Crippen MR) is 140 cm³/mol. The van der Waals surface area contributed by atoms with Crippen LogP contribution in [0.15, 0.2) is 109 Å². The van der Waals surface area contributed by atoms with Gasteiger partial charge < -0.3 is 9.47 Å². The first-order valence-electron chi connectivity index (χ1n) is 12.1. The molecule has 1 aliphatic heterocycles. The number of hydrogen-bond donors (Lipinski definition) is 0. The number of ketones is 2. The lowest BCUT2D eigenvalue weighted by Gasteiger charge is -2.42. The molecule has 0 spiro atoms. The molecule has 38 heavy (non-hydrogen) atoms. The Bertz CT molecular complexity index is 1460. The van der Waals surface area contributed by atoms with Crippen LogP contribution in [0.4, 0.5) is 0 Å². The summed E-state index contributed by atoms with van der Waals surface area (Å²) in [5, 5.41) is 0. The van der Waals surface area contributed by atoms with E-state index in [1.807, 2.05) is 0 Å². The Morgan fingerprint density at radius 2 is 0.921 bits per heavy atom. The first-order chi connectivity index (χ1) is 18.3. The highest BCUT2D eigenvalue weighted by molar-refractivity contribution is 6.36. The van der Waals surface area contributed by atoms with E-state index < -0.39 is 34.7 Å². The van der Waals surface area contributed by atoms with Crippen molar-refractivity contribution in [1.82, 2.24) is 0 Å². The molecule has 0 aliphatic carbocycles. The number of carbonyl (C=O) groups excluding carboxylic acids is 4. The third-order valence-electron chi connectivity index (χ3n) is 6.85. The van der Waals surface area contributed by atoms with E-state index >= 15 is 0 Å². The number of carbonyl (C=O) groups is 4. The minimum atomic E-state index is -2.86. The van der Waals surface area contributed by atoms with Crippen molar-refractivity contribution >= 4 is 23.5 Å². The van der Waals surface area contributed by atoms with Crippen molar-refractivity contribution in [2.75, 3.05) is 0 Å². The van der Waals surface area contributed by atoms with E-state index in [0.717, 1.165) is 0 Å². The standard InChI is InChI=1S/C32H24O6/c1-21-13-9-11-19-25(21)27(33)32(28(34)26-20-12-10-14-22(26)2)30(36)37-31(29(35)38-32,23-15-5-3-6-16-23)24-17-7-4-8-18-24/h3-20H,1-2H3. The molecule has 1 aliphatic rings. The van der Waals surface area contributed by atoms with Crippen molar-refractivity contribution in [2.24, 2.45) is 0 Å². The molecule has 0 unspecified atom stereocenters. The average molecular weight is 505 g/mol. The lowest BCUT2D eigenvalue weighted by atomic mass is 9.79. The van der Waals surface area contributed by atoms with Crippen LogP contribution < -0.4 is 0 Å². The topological polar surface area (TPSA) is 86.7 Å². The van der Waals surface area contributed by atoms with Crippen molar-refractivity contribution in [3.05, 3.63) is 143 Å². The largest absolute Gasteiger partial charge is 0.433 e. The van der Waals surface area contributed by atoms with E-state index in [-0.39, 0.29) is 11.1 Å². The summed E-state index contributed by atoms with van der Waals surface area (Å²) in [7, 11) is 0. The van der Waals surface area contributed by atoms with E-state index in [0.29, 0.717) is 22.3 Å². The van der Waals surface area contributed by atoms with Crippen LogP contribution in [0.3, 0.4) is 0 Å². The number of ether oxygens (including phenoxy) is 2. The van der Waals surface area contributed by atoms with Gasteiger partial charge in [0.25, 0.3) is 5.60 Å². The van der Waals surface area contributed by atoms with Crippen LogP contribution in [-0.2, 0) is 24.7 Å². The molecule has 0 radical (unpaired) electrons. The van der Waals surface area contributed by atoms with E-state index in [2.05, 4.69) is 0 Å². The number of Topliss-reactive ketones (excluding diaryl/α,β-unsaturated/α-hetero) is 2. The maximum absolute atomic E-state index is 14.1. The molecular weight excluding hydrogens is 480 g/mol. The summed E-state index contributed by atoms with van der Waals surface area (Å²) in [5.41, 5.74) is -3.04. The summed E-state index contributed by atoms with van der Waals surface area (Å²) in [4.78, 5) is 56.5. The summed E-state index contributed by atoms with van der Waals surface area (Å²) in [6.45, 7) is 3.35. The number of hydrogen-bond acceptors (Lipinski definition) is 6.